The molecule has 5 nitrogen and oxygen atoms in total. The number of carbonyl (C=O) groups is 2. The third-order valence-electron chi connectivity index (χ3n) is 2.17. The van der Waals surface area contributed by atoms with E-state index in [9.17, 15) is 22.8 Å². The van der Waals surface area contributed by atoms with E-state index in [1.807, 2.05) is 0 Å². The lowest BCUT2D eigenvalue weighted by molar-refractivity contribution is -0.139. The summed E-state index contributed by atoms with van der Waals surface area (Å²) in [6.07, 6.45) is -4.51. The molecule has 8 heteroatoms. The topological polar surface area (TPSA) is 78.4 Å². The summed E-state index contributed by atoms with van der Waals surface area (Å²) in [5, 5.41) is 12.7. The Balaban J connectivity index is 2.73. The average molecular weight is 276 g/mol. The van der Waals surface area contributed by atoms with Crippen LogP contribution in [0.4, 0.5) is 23.7 Å². The predicted molar refractivity (Wildman–Crippen MR) is 60.7 cm³/mol. The molecule has 1 rings (SSSR count). The zero-order chi connectivity index (χ0) is 14.6. The Kier molecular flexibility index (Phi) is 4.36. The maximum atomic E-state index is 12.4. The number of anilines is 1. The molecule has 0 saturated carbocycles. The monoisotopic (exact) mass is 276 g/mol. The first-order valence-electron chi connectivity index (χ1n) is 5.17. The fourth-order valence-corrected chi connectivity index (χ4v) is 1.20. The van der Waals surface area contributed by atoms with Gasteiger partial charge in [-0.1, -0.05) is 6.07 Å². The van der Waals surface area contributed by atoms with E-state index in [0.717, 1.165) is 18.2 Å². The highest BCUT2D eigenvalue weighted by atomic mass is 19.4. The summed E-state index contributed by atoms with van der Waals surface area (Å²) >= 11 is 0. The zero-order valence-corrected chi connectivity index (χ0v) is 9.78. The smallest absolute Gasteiger partial charge is 0.416 e. The first-order valence-corrected chi connectivity index (χ1v) is 5.17. The summed E-state index contributed by atoms with van der Waals surface area (Å²) in [5.74, 6) is -1.25. The van der Waals surface area contributed by atoms with Gasteiger partial charge in [0.2, 0.25) is 0 Å². The highest BCUT2D eigenvalue weighted by Crippen LogP contribution is 2.30. The van der Waals surface area contributed by atoms with Crippen molar-refractivity contribution in [3.8, 4) is 0 Å². The minimum Gasteiger partial charge on any atom is -0.480 e. The number of carbonyl (C=O) groups excluding carboxylic acids is 1. The van der Waals surface area contributed by atoms with Crippen LogP contribution in [-0.4, -0.2) is 23.1 Å². The van der Waals surface area contributed by atoms with Gasteiger partial charge >= 0.3 is 18.2 Å². The van der Waals surface area contributed by atoms with E-state index in [0.29, 0.717) is 0 Å². The van der Waals surface area contributed by atoms with Crippen LogP contribution in [0.5, 0.6) is 0 Å². The van der Waals surface area contributed by atoms with Crippen LogP contribution in [0.2, 0.25) is 0 Å². The third kappa shape index (κ3) is 4.49. The van der Waals surface area contributed by atoms with Gasteiger partial charge in [0.15, 0.2) is 0 Å². The molecule has 0 heterocycles. The summed E-state index contributed by atoms with van der Waals surface area (Å²) < 4.78 is 37.2. The molecule has 1 aromatic carbocycles. The van der Waals surface area contributed by atoms with Gasteiger partial charge in [-0.05, 0) is 25.1 Å². The van der Waals surface area contributed by atoms with Gasteiger partial charge in [0.05, 0.1) is 5.56 Å². The van der Waals surface area contributed by atoms with Gasteiger partial charge in [0, 0.05) is 5.69 Å². The molecule has 0 aromatic heterocycles. The largest absolute Gasteiger partial charge is 0.480 e. The van der Waals surface area contributed by atoms with Crippen molar-refractivity contribution >= 4 is 17.7 Å². The van der Waals surface area contributed by atoms with Crippen LogP contribution in [0.15, 0.2) is 24.3 Å². The van der Waals surface area contributed by atoms with E-state index in [4.69, 9.17) is 5.11 Å². The molecule has 19 heavy (non-hydrogen) atoms. The summed E-state index contributed by atoms with van der Waals surface area (Å²) in [7, 11) is 0. The van der Waals surface area contributed by atoms with Gasteiger partial charge in [-0.2, -0.15) is 13.2 Å². The number of nitrogens with one attached hydrogen (secondary N) is 2. The third-order valence-corrected chi connectivity index (χ3v) is 2.17. The van der Waals surface area contributed by atoms with E-state index < -0.39 is 29.8 Å². The van der Waals surface area contributed by atoms with Gasteiger partial charge < -0.3 is 15.7 Å². The van der Waals surface area contributed by atoms with Crippen molar-refractivity contribution in [3.05, 3.63) is 29.8 Å². The normalized spacial score (nSPS) is 12.6. The van der Waals surface area contributed by atoms with Crippen LogP contribution in [0.3, 0.4) is 0 Å². The summed E-state index contributed by atoms with van der Waals surface area (Å²) in [5.41, 5.74) is -0.985. The molecule has 104 valence electrons. The number of halogens is 3. The number of hydrogen-bond donors (Lipinski definition) is 3. The standard InChI is InChI=1S/C11H11F3N2O3/c1-6(9(17)18)15-10(19)16-8-4-2-3-7(5-8)11(12,13)14/h2-6H,1H3,(H,17,18)(H2,15,16,19)/t6-/m1/s1. The average Bonchev–Trinajstić information content (AvgIpc) is 2.27. The zero-order valence-electron chi connectivity index (χ0n) is 9.78. The Bertz CT molecular complexity index is 488. The maximum absolute atomic E-state index is 12.4. The van der Waals surface area contributed by atoms with Crippen LogP contribution in [0.25, 0.3) is 0 Å². The molecular weight excluding hydrogens is 265 g/mol. The number of rotatable bonds is 3. The van der Waals surface area contributed by atoms with Crippen molar-refractivity contribution in [2.24, 2.45) is 0 Å². The van der Waals surface area contributed by atoms with Crippen LogP contribution < -0.4 is 10.6 Å². The molecule has 0 unspecified atom stereocenters. The fourth-order valence-electron chi connectivity index (χ4n) is 1.20. The number of benzene rings is 1. The number of hydrogen-bond acceptors (Lipinski definition) is 2. The molecule has 0 aliphatic heterocycles. The van der Waals surface area contributed by atoms with E-state index in [1.54, 1.807) is 0 Å². The van der Waals surface area contributed by atoms with Crippen LogP contribution in [0.1, 0.15) is 12.5 Å². The minimum atomic E-state index is -4.51. The molecule has 0 spiro atoms. The lowest BCUT2D eigenvalue weighted by Crippen LogP contribution is -2.40. The molecule has 0 radical (unpaired) electrons. The van der Waals surface area contributed by atoms with Gasteiger partial charge in [-0.3, -0.25) is 4.79 Å². The summed E-state index contributed by atoms with van der Waals surface area (Å²) in [6.45, 7) is 1.23. The highest BCUT2D eigenvalue weighted by Gasteiger charge is 2.30. The Morgan fingerprint density at radius 1 is 1.32 bits per heavy atom. The van der Waals surface area contributed by atoms with Gasteiger partial charge in [-0.25, -0.2) is 4.79 Å². The molecule has 0 bridgehead atoms. The molecule has 1 atom stereocenters. The van der Waals surface area contributed by atoms with E-state index in [1.165, 1.54) is 13.0 Å². The number of carboxylic acid groups (broad SMARTS) is 1. The van der Waals surface area contributed by atoms with Crippen molar-refractivity contribution in [2.75, 3.05) is 5.32 Å². The number of urea groups is 1. The highest BCUT2D eigenvalue weighted by molar-refractivity contribution is 5.92. The lowest BCUT2D eigenvalue weighted by atomic mass is 10.2. The summed E-state index contributed by atoms with van der Waals surface area (Å²) in [4.78, 5) is 21.8. The first-order chi connectivity index (χ1) is 8.70. The van der Waals surface area contributed by atoms with Crippen molar-refractivity contribution in [1.29, 1.82) is 0 Å². The number of amides is 2. The van der Waals surface area contributed by atoms with Crippen molar-refractivity contribution in [2.45, 2.75) is 19.1 Å². The molecule has 0 fully saturated rings. The van der Waals surface area contributed by atoms with Crippen LogP contribution >= 0.6 is 0 Å². The lowest BCUT2D eigenvalue weighted by Gasteiger charge is -2.12. The van der Waals surface area contributed by atoms with Crippen molar-refractivity contribution in [1.82, 2.24) is 5.32 Å². The molecule has 0 saturated heterocycles. The molecule has 2 amide bonds. The van der Waals surface area contributed by atoms with Gasteiger partial charge in [0.1, 0.15) is 6.04 Å². The van der Waals surface area contributed by atoms with E-state index >= 15 is 0 Å². The quantitative estimate of drug-likeness (QED) is 0.792. The Labute approximate surface area is 106 Å². The molecule has 3 N–H and O–H groups in total. The number of alkyl halides is 3. The molecule has 1 aromatic rings. The van der Waals surface area contributed by atoms with E-state index in [2.05, 4.69) is 10.6 Å². The van der Waals surface area contributed by atoms with Crippen molar-refractivity contribution in [3.63, 3.8) is 0 Å². The Morgan fingerprint density at radius 3 is 2.47 bits per heavy atom. The number of aliphatic carboxylic acids is 1. The Morgan fingerprint density at radius 2 is 1.95 bits per heavy atom. The molecular formula is C11H11F3N2O3. The summed E-state index contributed by atoms with van der Waals surface area (Å²) in [6, 6.07) is 1.98. The first kappa shape index (κ1) is 14.8. The Hall–Kier alpha value is -2.25. The molecule has 0 aliphatic carbocycles. The maximum Gasteiger partial charge on any atom is 0.416 e. The second-order valence-corrected chi connectivity index (χ2v) is 3.74. The molecule has 0 aliphatic rings. The van der Waals surface area contributed by atoms with Crippen LogP contribution in [-0.2, 0) is 11.0 Å². The second kappa shape index (κ2) is 5.59. The fraction of sp³-hybridized carbons (Fsp3) is 0.273. The van der Waals surface area contributed by atoms with Gasteiger partial charge in [-0.15, -0.1) is 0 Å². The van der Waals surface area contributed by atoms with E-state index in [-0.39, 0.29) is 5.69 Å². The van der Waals surface area contributed by atoms with Crippen molar-refractivity contribution < 1.29 is 27.9 Å². The number of carboxylic acids is 1. The predicted octanol–water partition coefficient (Wildman–Crippen LogP) is 2.30. The second-order valence-electron chi connectivity index (χ2n) is 3.74. The minimum absolute atomic E-state index is 0.0788. The van der Waals surface area contributed by atoms with Crippen LogP contribution in [0, 0.1) is 0 Å². The van der Waals surface area contributed by atoms with Gasteiger partial charge in [0.25, 0.3) is 0 Å². The SMILES string of the molecule is C[C@@H](NC(=O)Nc1cccc(C(F)(F)F)c1)C(=O)O.